The standard InChI is InChI=1S/C9H14O6/c1-3-13-8(11)5-7(15-6-10)9(12)14-4-2/h6-7H,3-5H2,1-2H3/t7-/m1/s1. The SMILES string of the molecule is CCOC(=O)C[C@@H](OC=O)C(=O)OCC. The van der Waals surface area contributed by atoms with E-state index in [9.17, 15) is 14.4 Å². The fourth-order valence-corrected chi connectivity index (χ4v) is 0.861. The normalized spacial score (nSPS) is 11.3. The zero-order valence-electron chi connectivity index (χ0n) is 8.73. The Hall–Kier alpha value is -1.59. The van der Waals surface area contributed by atoms with Crippen molar-refractivity contribution in [2.75, 3.05) is 13.2 Å². The number of hydrogen-bond donors (Lipinski definition) is 0. The third-order valence-electron chi connectivity index (χ3n) is 1.43. The van der Waals surface area contributed by atoms with Crippen molar-refractivity contribution >= 4 is 18.4 Å². The third kappa shape index (κ3) is 5.66. The van der Waals surface area contributed by atoms with Gasteiger partial charge >= 0.3 is 11.9 Å². The van der Waals surface area contributed by atoms with E-state index in [1.54, 1.807) is 13.8 Å². The van der Waals surface area contributed by atoms with Gasteiger partial charge in [-0.1, -0.05) is 0 Å². The molecule has 0 bridgehead atoms. The molecule has 0 rings (SSSR count). The van der Waals surface area contributed by atoms with Crippen LogP contribution in [0.25, 0.3) is 0 Å². The number of ether oxygens (including phenoxy) is 3. The summed E-state index contributed by atoms with van der Waals surface area (Å²) in [5.74, 6) is -1.37. The van der Waals surface area contributed by atoms with E-state index in [2.05, 4.69) is 14.2 Å². The van der Waals surface area contributed by atoms with E-state index in [0.717, 1.165) is 0 Å². The van der Waals surface area contributed by atoms with Crippen molar-refractivity contribution in [2.45, 2.75) is 26.4 Å². The molecule has 0 saturated carbocycles. The quantitative estimate of drug-likeness (QED) is 0.341. The van der Waals surface area contributed by atoms with Crippen LogP contribution in [0.5, 0.6) is 0 Å². The largest absolute Gasteiger partial charge is 0.466 e. The maximum atomic E-state index is 11.2. The minimum absolute atomic E-state index is 0.0980. The van der Waals surface area contributed by atoms with Crippen molar-refractivity contribution in [3.8, 4) is 0 Å². The Morgan fingerprint density at radius 3 is 2.27 bits per heavy atom. The molecule has 15 heavy (non-hydrogen) atoms. The molecule has 0 unspecified atom stereocenters. The van der Waals surface area contributed by atoms with Gasteiger partial charge in [0.25, 0.3) is 6.47 Å². The van der Waals surface area contributed by atoms with Crippen LogP contribution in [0.3, 0.4) is 0 Å². The first kappa shape index (κ1) is 13.4. The van der Waals surface area contributed by atoms with Crippen LogP contribution in [0, 0.1) is 0 Å². The molecule has 0 saturated heterocycles. The highest BCUT2D eigenvalue weighted by atomic mass is 16.6. The van der Waals surface area contributed by atoms with E-state index in [0.29, 0.717) is 0 Å². The summed E-state index contributed by atoms with van der Waals surface area (Å²) in [6, 6.07) is 0. The minimum atomic E-state index is -1.22. The smallest absolute Gasteiger partial charge is 0.348 e. The van der Waals surface area contributed by atoms with Crippen LogP contribution in [0.2, 0.25) is 0 Å². The van der Waals surface area contributed by atoms with Gasteiger partial charge in [0.2, 0.25) is 6.10 Å². The topological polar surface area (TPSA) is 78.9 Å². The highest BCUT2D eigenvalue weighted by Crippen LogP contribution is 2.02. The average molecular weight is 218 g/mol. The van der Waals surface area contributed by atoms with Gasteiger partial charge in [-0.3, -0.25) is 9.59 Å². The molecule has 0 radical (unpaired) electrons. The van der Waals surface area contributed by atoms with Crippen LogP contribution in [0.4, 0.5) is 0 Å². The Morgan fingerprint density at radius 2 is 1.80 bits per heavy atom. The van der Waals surface area contributed by atoms with Crippen molar-refractivity contribution < 1.29 is 28.6 Å². The lowest BCUT2D eigenvalue weighted by molar-refractivity contribution is -0.166. The molecule has 0 spiro atoms. The summed E-state index contributed by atoms with van der Waals surface area (Å²) in [7, 11) is 0. The molecule has 0 aliphatic carbocycles. The van der Waals surface area contributed by atoms with E-state index < -0.39 is 18.0 Å². The second kappa shape index (κ2) is 7.78. The minimum Gasteiger partial charge on any atom is -0.466 e. The van der Waals surface area contributed by atoms with Crippen LogP contribution >= 0.6 is 0 Å². The van der Waals surface area contributed by atoms with Crippen LogP contribution in [0.15, 0.2) is 0 Å². The van der Waals surface area contributed by atoms with Crippen molar-refractivity contribution in [3.05, 3.63) is 0 Å². The first-order valence-electron chi connectivity index (χ1n) is 4.57. The number of carbonyl (C=O) groups is 3. The fraction of sp³-hybridized carbons (Fsp3) is 0.667. The zero-order valence-corrected chi connectivity index (χ0v) is 8.73. The molecule has 0 N–H and O–H groups in total. The molecular weight excluding hydrogens is 204 g/mol. The molecule has 0 fully saturated rings. The summed E-state index contributed by atoms with van der Waals surface area (Å²) in [6.45, 7) is 3.70. The summed E-state index contributed by atoms with van der Waals surface area (Å²) in [4.78, 5) is 32.3. The predicted molar refractivity (Wildman–Crippen MR) is 48.8 cm³/mol. The Morgan fingerprint density at radius 1 is 1.20 bits per heavy atom. The van der Waals surface area contributed by atoms with Gasteiger partial charge in [0.15, 0.2) is 0 Å². The maximum Gasteiger partial charge on any atom is 0.348 e. The molecule has 0 aliphatic heterocycles. The predicted octanol–water partition coefficient (Wildman–Crippen LogP) is 0.0443. The van der Waals surface area contributed by atoms with Gasteiger partial charge in [-0.05, 0) is 13.8 Å². The molecule has 0 aromatic rings. The molecular formula is C9H14O6. The lowest BCUT2D eigenvalue weighted by Crippen LogP contribution is -2.29. The highest BCUT2D eigenvalue weighted by molar-refractivity contribution is 5.82. The Balaban J connectivity index is 4.19. The number of carbonyl (C=O) groups excluding carboxylic acids is 3. The van der Waals surface area contributed by atoms with E-state index in [1.165, 1.54) is 0 Å². The van der Waals surface area contributed by atoms with E-state index in [4.69, 9.17) is 0 Å². The van der Waals surface area contributed by atoms with Gasteiger partial charge in [-0.2, -0.15) is 0 Å². The second-order valence-corrected chi connectivity index (χ2v) is 2.48. The molecule has 86 valence electrons. The lowest BCUT2D eigenvalue weighted by Gasteiger charge is -2.12. The molecule has 0 aromatic carbocycles. The van der Waals surface area contributed by atoms with E-state index >= 15 is 0 Å². The van der Waals surface area contributed by atoms with Crippen LogP contribution in [0.1, 0.15) is 20.3 Å². The Bertz CT molecular complexity index is 225. The summed E-state index contributed by atoms with van der Waals surface area (Å²) < 4.78 is 13.6. The van der Waals surface area contributed by atoms with E-state index in [1.807, 2.05) is 0 Å². The molecule has 0 aromatic heterocycles. The molecule has 6 nitrogen and oxygen atoms in total. The Labute approximate surface area is 87.5 Å². The highest BCUT2D eigenvalue weighted by Gasteiger charge is 2.25. The molecule has 1 atom stereocenters. The van der Waals surface area contributed by atoms with Crippen LogP contribution in [-0.2, 0) is 28.6 Å². The summed E-state index contributed by atoms with van der Waals surface area (Å²) in [5, 5.41) is 0. The fourth-order valence-electron chi connectivity index (χ4n) is 0.861. The molecule has 0 aliphatic rings. The van der Waals surface area contributed by atoms with Crippen LogP contribution in [-0.4, -0.2) is 37.7 Å². The number of hydrogen-bond acceptors (Lipinski definition) is 6. The summed E-state index contributed by atoms with van der Waals surface area (Å²) in [5.41, 5.74) is 0. The molecule has 0 amide bonds. The monoisotopic (exact) mass is 218 g/mol. The van der Waals surface area contributed by atoms with Gasteiger partial charge in [0.05, 0.1) is 19.6 Å². The molecule has 6 heteroatoms. The summed E-state index contributed by atoms with van der Waals surface area (Å²) in [6.07, 6.45) is -1.55. The second-order valence-electron chi connectivity index (χ2n) is 2.48. The van der Waals surface area contributed by atoms with Gasteiger partial charge in [0, 0.05) is 0 Å². The first-order valence-corrected chi connectivity index (χ1v) is 4.57. The number of esters is 2. The first-order chi connectivity index (χ1) is 7.15. The molecule has 0 heterocycles. The number of rotatable bonds is 7. The lowest BCUT2D eigenvalue weighted by atomic mass is 10.2. The van der Waals surface area contributed by atoms with Crippen molar-refractivity contribution in [1.82, 2.24) is 0 Å². The third-order valence-corrected chi connectivity index (χ3v) is 1.43. The van der Waals surface area contributed by atoms with Crippen molar-refractivity contribution in [3.63, 3.8) is 0 Å². The summed E-state index contributed by atoms with van der Waals surface area (Å²) >= 11 is 0. The van der Waals surface area contributed by atoms with Crippen molar-refractivity contribution in [1.29, 1.82) is 0 Å². The van der Waals surface area contributed by atoms with E-state index in [-0.39, 0.29) is 26.1 Å². The Kier molecular flexibility index (Phi) is 6.96. The maximum absolute atomic E-state index is 11.2. The zero-order chi connectivity index (χ0) is 11.7. The van der Waals surface area contributed by atoms with Gasteiger partial charge < -0.3 is 14.2 Å². The van der Waals surface area contributed by atoms with Gasteiger partial charge in [-0.25, -0.2) is 4.79 Å². The van der Waals surface area contributed by atoms with Gasteiger partial charge in [-0.15, -0.1) is 0 Å². The van der Waals surface area contributed by atoms with Crippen LogP contribution < -0.4 is 0 Å². The van der Waals surface area contributed by atoms with Crippen molar-refractivity contribution in [2.24, 2.45) is 0 Å². The average Bonchev–Trinajstić information content (AvgIpc) is 2.18. The van der Waals surface area contributed by atoms with Gasteiger partial charge in [0.1, 0.15) is 0 Å².